The second-order valence-electron chi connectivity index (χ2n) is 8.88. The molecule has 0 unspecified atom stereocenters. The molecular formula is C25H29N3O4. The van der Waals surface area contributed by atoms with Gasteiger partial charge >= 0.3 is 0 Å². The highest BCUT2D eigenvalue weighted by Gasteiger charge is 2.27. The third-order valence-electron chi connectivity index (χ3n) is 6.69. The first kappa shape index (κ1) is 20.8. The van der Waals surface area contributed by atoms with E-state index in [2.05, 4.69) is 10.2 Å². The molecule has 2 N–H and O–H groups in total. The zero-order chi connectivity index (χ0) is 22.1. The molecule has 2 aliphatic rings. The molecule has 0 bridgehead atoms. The van der Waals surface area contributed by atoms with Crippen LogP contribution in [0.4, 0.5) is 0 Å². The third kappa shape index (κ3) is 4.05. The number of benzene rings is 2. The van der Waals surface area contributed by atoms with Crippen LogP contribution in [0.5, 0.6) is 11.5 Å². The first-order chi connectivity index (χ1) is 15.6. The van der Waals surface area contributed by atoms with Crippen LogP contribution in [0.1, 0.15) is 52.9 Å². The average Bonchev–Trinajstić information content (AvgIpc) is 3.53. The van der Waals surface area contributed by atoms with Gasteiger partial charge in [0.2, 0.25) is 0 Å². The number of fused-ring (bicyclic) bond motifs is 2. The standard InChI is InChI=1S/C25H29N3O4/c1-31-8-9-32-19-7-6-17-14-28(15-18(17)11-19)25(30)21-12-20-22(10-16-4-2-3-5-16)26-27-23(20)13-24(21)29/h6-7,11-13,16,29H,2-5,8-10,14-15H2,1H3,(H,26,27). The number of ether oxygens (including phenoxy) is 2. The number of nitrogens with zero attached hydrogens (tertiary/aromatic N) is 2. The van der Waals surface area contributed by atoms with Gasteiger partial charge in [-0.3, -0.25) is 9.89 Å². The minimum atomic E-state index is -0.171. The number of carbonyl (C=O) groups excluding carboxylic acids is 1. The van der Waals surface area contributed by atoms with Gasteiger partial charge in [0.05, 0.1) is 17.7 Å². The van der Waals surface area contributed by atoms with Gasteiger partial charge in [0.1, 0.15) is 18.1 Å². The van der Waals surface area contributed by atoms with E-state index in [0.29, 0.717) is 43.3 Å². The van der Waals surface area contributed by atoms with Gasteiger partial charge in [-0.1, -0.05) is 31.7 Å². The summed E-state index contributed by atoms with van der Waals surface area (Å²) in [6.07, 6.45) is 6.00. The quantitative estimate of drug-likeness (QED) is 0.544. The molecule has 168 valence electrons. The van der Waals surface area contributed by atoms with Crippen molar-refractivity contribution in [2.24, 2.45) is 5.92 Å². The van der Waals surface area contributed by atoms with E-state index in [1.165, 1.54) is 25.7 Å². The molecule has 1 aliphatic carbocycles. The lowest BCUT2D eigenvalue weighted by Crippen LogP contribution is -2.25. The first-order valence-corrected chi connectivity index (χ1v) is 11.3. The topological polar surface area (TPSA) is 87.7 Å². The molecule has 0 radical (unpaired) electrons. The number of hydrogen-bond acceptors (Lipinski definition) is 5. The molecule has 2 aromatic carbocycles. The minimum Gasteiger partial charge on any atom is -0.507 e. The summed E-state index contributed by atoms with van der Waals surface area (Å²) in [6, 6.07) is 9.32. The number of phenols is 1. The van der Waals surface area contributed by atoms with E-state index in [1.807, 2.05) is 24.3 Å². The molecule has 1 amide bonds. The summed E-state index contributed by atoms with van der Waals surface area (Å²) in [5, 5.41) is 19.0. The summed E-state index contributed by atoms with van der Waals surface area (Å²) in [7, 11) is 1.64. The zero-order valence-electron chi connectivity index (χ0n) is 18.4. The van der Waals surface area contributed by atoms with Gasteiger partial charge in [-0.05, 0) is 41.7 Å². The van der Waals surface area contributed by atoms with E-state index in [-0.39, 0.29) is 11.7 Å². The van der Waals surface area contributed by atoms with Crippen LogP contribution in [0, 0.1) is 5.92 Å². The van der Waals surface area contributed by atoms with Crippen molar-refractivity contribution in [3.8, 4) is 11.5 Å². The molecule has 3 aromatic rings. The van der Waals surface area contributed by atoms with Gasteiger partial charge in [-0.15, -0.1) is 0 Å². The van der Waals surface area contributed by atoms with E-state index in [4.69, 9.17) is 9.47 Å². The van der Waals surface area contributed by atoms with Gasteiger partial charge < -0.3 is 19.5 Å². The maximum absolute atomic E-state index is 13.3. The molecule has 1 saturated carbocycles. The minimum absolute atomic E-state index is 0.0269. The Balaban J connectivity index is 1.35. The monoisotopic (exact) mass is 435 g/mol. The highest BCUT2D eigenvalue weighted by molar-refractivity contribution is 6.01. The van der Waals surface area contributed by atoms with E-state index in [9.17, 15) is 9.90 Å². The maximum Gasteiger partial charge on any atom is 0.258 e. The normalized spacial score (nSPS) is 16.1. The second-order valence-corrected chi connectivity index (χ2v) is 8.88. The number of hydrogen-bond donors (Lipinski definition) is 2. The lowest BCUT2D eigenvalue weighted by Gasteiger charge is -2.16. The van der Waals surface area contributed by atoms with E-state index in [1.54, 1.807) is 18.1 Å². The number of methoxy groups -OCH3 is 1. The average molecular weight is 436 g/mol. The number of carbonyl (C=O) groups is 1. The fourth-order valence-corrected chi connectivity index (χ4v) is 4.95. The molecule has 0 saturated heterocycles. The van der Waals surface area contributed by atoms with Crippen molar-refractivity contribution < 1.29 is 19.4 Å². The summed E-state index contributed by atoms with van der Waals surface area (Å²) in [5.74, 6) is 1.24. The van der Waals surface area contributed by atoms with Crippen molar-refractivity contribution in [2.45, 2.75) is 45.2 Å². The molecule has 1 fully saturated rings. The van der Waals surface area contributed by atoms with Crippen molar-refractivity contribution in [3.63, 3.8) is 0 Å². The van der Waals surface area contributed by atoms with Gasteiger partial charge in [0.25, 0.3) is 5.91 Å². The Labute approximate surface area is 187 Å². The molecule has 1 aromatic heterocycles. The van der Waals surface area contributed by atoms with Crippen LogP contribution in [0.3, 0.4) is 0 Å². The van der Waals surface area contributed by atoms with E-state index >= 15 is 0 Å². The molecule has 2 heterocycles. The van der Waals surface area contributed by atoms with Crippen LogP contribution in [0.15, 0.2) is 30.3 Å². The number of aromatic nitrogens is 2. The first-order valence-electron chi connectivity index (χ1n) is 11.3. The summed E-state index contributed by atoms with van der Waals surface area (Å²) in [4.78, 5) is 15.1. The van der Waals surface area contributed by atoms with Crippen molar-refractivity contribution in [2.75, 3.05) is 20.3 Å². The lowest BCUT2D eigenvalue weighted by molar-refractivity contribution is 0.0748. The Bertz CT molecular complexity index is 1130. The number of amides is 1. The van der Waals surface area contributed by atoms with Gasteiger partial charge in [0.15, 0.2) is 0 Å². The predicted octanol–water partition coefficient (Wildman–Crippen LogP) is 4.18. The number of aromatic amines is 1. The number of phenolic OH excluding ortho intramolecular Hbond substituents is 1. The van der Waals surface area contributed by atoms with Crippen molar-refractivity contribution in [3.05, 3.63) is 52.7 Å². The summed E-state index contributed by atoms with van der Waals surface area (Å²) >= 11 is 0. The van der Waals surface area contributed by atoms with Crippen molar-refractivity contribution >= 4 is 16.8 Å². The Kier molecular flexibility index (Phi) is 5.74. The predicted molar refractivity (Wildman–Crippen MR) is 121 cm³/mol. The van der Waals surface area contributed by atoms with Crippen LogP contribution < -0.4 is 4.74 Å². The second kappa shape index (κ2) is 8.82. The number of H-pyrrole nitrogens is 1. The number of nitrogens with one attached hydrogen (secondary N) is 1. The van der Waals surface area contributed by atoms with Gasteiger partial charge in [-0.2, -0.15) is 5.10 Å². The van der Waals surface area contributed by atoms with Crippen LogP contribution in [0.2, 0.25) is 0 Å². The van der Waals surface area contributed by atoms with Crippen molar-refractivity contribution in [1.29, 1.82) is 0 Å². The Morgan fingerprint density at radius 2 is 1.97 bits per heavy atom. The van der Waals surface area contributed by atoms with Crippen LogP contribution >= 0.6 is 0 Å². The molecule has 0 atom stereocenters. The Morgan fingerprint density at radius 1 is 1.16 bits per heavy atom. The SMILES string of the molecule is COCCOc1ccc2c(c1)CN(C(=O)c1cc3c(CC4CCCC4)[nH]nc3cc1O)C2. The fraction of sp³-hybridized carbons (Fsp3) is 0.440. The highest BCUT2D eigenvalue weighted by Crippen LogP contribution is 2.34. The van der Waals surface area contributed by atoms with E-state index < -0.39 is 0 Å². The number of rotatable bonds is 7. The zero-order valence-corrected chi connectivity index (χ0v) is 18.4. The van der Waals surface area contributed by atoms with Gasteiger partial charge in [0, 0.05) is 37.3 Å². The molecule has 7 nitrogen and oxygen atoms in total. The largest absolute Gasteiger partial charge is 0.507 e. The fourth-order valence-electron chi connectivity index (χ4n) is 4.95. The van der Waals surface area contributed by atoms with Crippen LogP contribution in [-0.4, -0.2) is 46.4 Å². The smallest absolute Gasteiger partial charge is 0.258 e. The lowest BCUT2D eigenvalue weighted by atomic mass is 9.99. The summed E-state index contributed by atoms with van der Waals surface area (Å²) < 4.78 is 10.7. The van der Waals surface area contributed by atoms with Crippen molar-refractivity contribution in [1.82, 2.24) is 15.1 Å². The molecule has 1 aliphatic heterocycles. The summed E-state index contributed by atoms with van der Waals surface area (Å²) in [5.41, 5.74) is 4.26. The highest BCUT2D eigenvalue weighted by atomic mass is 16.5. The Morgan fingerprint density at radius 3 is 2.78 bits per heavy atom. The molecule has 5 rings (SSSR count). The molecular weight excluding hydrogens is 406 g/mol. The molecule has 0 spiro atoms. The number of aromatic hydroxyl groups is 1. The van der Waals surface area contributed by atoms with Crippen LogP contribution in [-0.2, 0) is 24.2 Å². The Hall–Kier alpha value is -3.06. The third-order valence-corrected chi connectivity index (χ3v) is 6.69. The van der Waals surface area contributed by atoms with Gasteiger partial charge in [-0.25, -0.2) is 0 Å². The molecule has 32 heavy (non-hydrogen) atoms. The van der Waals surface area contributed by atoms with E-state index in [0.717, 1.165) is 34.4 Å². The maximum atomic E-state index is 13.3. The molecule has 7 heteroatoms. The summed E-state index contributed by atoms with van der Waals surface area (Å²) in [6.45, 7) is 2.03. The van der Waals surface area contributed by atoms with Crippen LogP contribution in [0.25, 0.3) is 10.9 Å².